The number of hydrogen-bond donors (Lipinski definition) is 1. The molecule has 7 nitrogen and oxygen atoms in total. The van der Waals surface area contributed by atoms with Crippen molar-refractivity contribution in [3.8, 4) is 11.5 Å². The predicted octanol–water partition coefficient (Wildman–Crippen LogP) is 4.57. The fourth-order valence-electron chi connectivity index (χ4n) is 3.18. The second-order valence-corrected chi connectivity index (χ2v) is 7.89. The summed E-state index contributed by atoms with van der Waals surface area (Å²) in [5, 5.41) is 6.14. The first-order chi connectivity index (χ1) is 15.0. The van der Waals surface area contributed by atoms with Crippen LogP contribution in [0.3, 0.4) is 0 Å². The third-order valence-corrected chi connectivity index (χ3v) is 5.65. The molecule has 2 heterocycles. The Hall–Kier alpha value is -3.78. The minimum absolute atomic E-state index is 0.0330. The Bertz CT molecular complexity index is 1220. The Morgan fingerprint density at radius 2 is 1.97 bits per heavy atom. The fourth-order valence-corrected chi connectivity index (χ4v) is 3.78. The van der Waals surface area contributed by atoms with Gasteiger partial charge in [0.15, 0.2) is 0 Å². The molecule has 2 aromatic heterocycles. The molecule has 8 heteroatoms. The Balaban J connectivity index is 1.53. The lowest BCUT2D eigenvalue weighted by atomic mass is 10.1. The van der Waals surface area contributed by atoms with E-state index in [1.165, 1.54) is 11.3 Å². The van der Waals surface area contributed by atoms with Crippen LogP contribution in [0, 0.1) is 6.92 Å². The van der Waals surface area contributed by atoms with Crippen molar-refractivity contribution in [3.05, 3.63) is 70.8 Å². The predicted molar refractivity (Wildman–Crippen MR) is 122 cm³/mol. The van der Waals surface area contributed by atoms with Gasteiger partial charge in [-0.1, -0.05) is 0 Å². The molecule has 4 aromatic rings. The summed E-state index contributed by atoms with van der Waals surface area (Å²) < 4.78 is 6.08. The first-order valence-corrected chi connectivity index (χ1v) is 10.5. The second kappa shape index (κ2) is 8.93. The van der Waals surface area contributed by atoms with Crippen LogP contribution < -0.4 is 15.0 Å². The molecule has 0 atom stereocenters. The minimum atomic E-state index is -0.0330. The topological polar surface area (TPSA) is 84.4 Å². The van der Waals surface area contributed by atoms with E-state index in [4.69, 9.17) is 4.74 Å². The lowest BCUT2D eigenvalue weighted by Gasteiger charge is -2.17. The number of benzene rings is 2. The van der Waals surface area contributed by atoms with Crippen molar-refractivity contribution in [1.82, 2.24) is 9.97 Å². The number of nitrogens with one attached hydrogen (secondary N) is 1. The first-order valence-electron chi connectivity index (χ1n) is 9.57. The minimum Gasteiger partial charge on any atom is -0.457 e. The zero-order valence-electron chi connectivity index (χ0n) is 17.0. The van der Waals surface area contributed by atoms with Crippen LogP contribution in [0.4, 0.5) is 11.4 Å². The van der Waals surface area contributed by atoms with Gasteiger partial charge in [0.25, 0.3) is 0 Å². The molecule has 31 heavy (non-hydrogen) atoms. The number of aryl methyl sites for hydroxylation is 1. The van der Waals surface area contributed by atoms with Crippen LogP contribution in [0.25, 0.3) is 10.9 Å². The van der Waals surface area contributed by atoms with E-state index < -0.39 is 0 Å². The van der Waals surface area contributed by atoms with Crippen molar-refractivity contribution in [2.45, 2.75) is 13.3 Å². The van der Waals surface area contributed by atoms with Crippen molar-refractivity contribution >= 4 is 45.9 Å². The molecule has 0 bridgehead atoms. The number of nitrogens with zero attached hydrogens (tertiary/aromatic N) is 3. The maximum absolute atomic E-state index is 12.5. The molecular weight excluding hydrogens is 412 g/mol. The fraction of sp³-hybridized carbons (Fsp3) is 0.130. The van der Waals surface area contributed by atoms with E-state index in [9.17, 15) is 9.59 Å². The lowest BCUT2D eigenvalue weighted by molar-refractivity contribution is -0.117. The highest BCUT2D eigenvalue weighted by Crippen LogP contribution is 2.33. The van der Waals surface area contributed by atoms with Gasteiger partial charge >= 0.3 is 0 Å². The molecule has 0 saturated carbocycles. The number of hydrogen-bond acceptors (Lipinski definition) is 6. The average Bonchev–Trinajstić information content (AvgIpc) is 3.28. The summed E-state index contributed by atoms with van der Waals surface area (Å²) in [7, 11) is 1.74. The molecule has 156 valence electrons. The van der Waals surface area contributed by atoms with Gasteiger partial charge in [0.2, 0.25) is 12.3 Å². The van der Waals surface area contributed by atoms with E-state index >= 15 is 0 Å². The average molecular weight is 433 g/mol. The SMILES string of the molecule is Cc1cc2nccc(Oc3ccc(N(C)C(=O)Cc4nccs4)cc3)c2cc1NC=O. The molecule has 0 aliphatic carbocycles. The Morgan fingerprint density at radius 1 is 1.16 bits per heavy atom. The third-order valence-electron chi connectivity index (χ3n) is 4.87. The van der Waals surface area contributed by atoms with Gasteiger partial charge in [-0.05, 0) is 55.0 Å². The molecule has 0 aliphatic heterocycles. The van der Waals surface area contributed by atoms with Crippen LogP contribution in [-0.4, -0.2) is 29.3 Å². The van der Waals surface area contributed by atoms with Crippen LogP contribution in [0.1, 0.15) is 10.6 Å². The zero-order chi connectivity index (χ0) is 21.8. The lowest BCUT2D eigenvalue weighted by Crippen LogP contribution is -2.27. The maximum Gasteiger partial charge on any atom is 0.233 e. The number of aromatic nitrogens is 2. The van der Waals surface area contributed by atoms with Crippen molar-refractivity contribution in [3.63, 3.8) is 0 Å². The number of ether oxygens (including phenoxy) is 1. The zero-order valence-corrected chi connectivity index (χ0v) is 17.8. The third kappa shape index (κ3) is 4.54. The van der Waals surface area contributed by atoms with Gasteiger partial charge in [-0.25, -0.2) is 4.98 Å². The molecule has 0 spiro atoms. The second-order valence-electron chi connectivity index (χ2n) is 6.91. The summed E-state index contributed by atoms with van der Waals surface area (Å²) in [6.45, 7) is 1.91. The Labute approximate surface area is 183 Å². The van der Waals surface area contributed by atoms with Crippen LogP contribution in [0.5, 0.6) is 11.5 Å². The van der Waals surface area contributed by atoms with Crippen molar-refractivity contribution in [1.29, 1.82) is 0 Å². The molecule has 0 aliphatic rings. The molecule has 2 aromatic carbocycles. The normalized spacial score (nSPS) is 10.6. The van der Waals surface area contributed by atoms with E-state index in [0.29, 0.717) is 23.6 Å². The highest BCUT2D eigenvalue weighted by atomic mass is 32.1. The number of amides is 2. The number of thiazole rings is 1. The number of carbonyl (C=O) groups excluding carboxylic acids is 2. The first kappa shape index (κ1) is 20.5. The summed E-state index contributed by atoms with van der Waals surface area (Å²) in [5.74, 6) is 1.22. The molecule has 2 amide bonds. The monoisotopic (exact) mass is 432 g/mol. The molecule has 0 saturated heterocycles. The maximum atomic E-state index is 12.5. The quantitative estimate of drug-likeness (QED) is 0.433. The van der Waals surface area contributed by atoms with Crippen LogP contribution in [0.2, 0.25) is 0 Å². The number of likely N-dealkylation sites (N-methyl/N-ethyl adjacent to an activating group) is 1. The van der Waals surface area contributed by atoms with Gasteiger partial charge in [0.05, 0.1) is 11.9 Å². The van der Waals surface area contributed by atoms with E-state index in [1.54, 1.807) is 30.4 Å². The van der Waals surface area contributed by atoms with E-state index in [-0.39, 0.29) is 12.3 Å². The van der Waals surface area contributed by atoms with E-state index in [0.717, 1.165) is 27.2 Å². The highest BCUT2D eigenvalue weighted by molar-refractivity contribution is 7.09. The number of fused-ring (bicyclic) bond motifs is 1. The van der Waals surface area contributed by atoms with Crippen LogP contribution >= 0.6 is 11.3 Å². The Morgan fingerprint density at radius 3 is 2.68 bits per heavy atom. The Kier molecular flexibility index (Phi) is 5.90. The summed E-state index contributed by atoms with van der Waals surface area (Å²) in [5.41, 5.74) is 3.16. The molecule has 0 unspecified atom stereocenters. The van der Waals surface area contributed by atoms with Crippen molar-refractivity contribution in [2.75, 3.05) is 17.3 Å². The van der Waals surface area contributed by atoms with Gasteiger partial charge in [-0.15, -0.1) is 11.3 Å². The van der Waals surface area contributed by atoms with Crippen molar-refractivity contribution in [2.24, 2.45) is 0 Å². The summed E-state index contributed by atoms with van der Waals surface area (Å²) in [4.78, 5) is 33.5. The molecule has 4 rings (SSSR count). The van der Waals surface area contributed by atoms with Crippen molar-refractivity contribution < 1.29 is 14.3 Å². The number of pyridine rings is 1. The highest BCUT2D eigenvalue weighted by Gasteiger charge is 2.14. The van der Waals surface area contributed by atoms with E-state index in [1.807, 2.05) is 48.7 Å². The summed E-state index contributed by atoms with van der Waals surface area (Å²) >= 11 is 1.47. The molecule has 1 N–H and O–H groups in total. The van der Waals surface area contributed by atoms with Gasteiger partial charge in [0, 0.05) is 41.6 Å². The number of anilines is 2. The standard InChI is InChI=1S/C23H20N4O3S/c1-15-11-20-18(12-19(15)26-14-28)21(7-8-24-20)30-17-5-3-16(4-6-17)27(2)23(29)13-22-25-9-10-31-22/h3-12,14H,13H2,1-2H3,(H,26,28). The largest absolute Gasteiger partial charge is 0.457 e. The van der Waals surface area contributed by atoms with Crippen LogP contribution in [0.15, 0.2) is 60.2 Å². The summed E-state index contributed by atoms with van der Waals surface area (Å²) in [6, 6.07) is 12.8. The van der Waals surface area contributed by atoms with Gasteiger partial charge in [0.1, 0.15) is 16.5 Å². The smallest absolute Gasteiger partial charge is 0.233 e. The van der Waals surface area contributed by atoms with Crippen LogP contribution in [-0.2, 0) is 16.0 Å². The number of rotatable bonds is 7. The van der Waals surface area contributed by atoms with E-state index in [2.05, 4.69) is 15.3 Å². The molecule has 0 radical (unpaired) electrons. The van der Waals surface area contributed by atoms with Gasteiger partial charge < -0.3 is 15.0 Å². The summed E-state index contributed by atoms with van der Waals surface area (Å²) in [6.07, 6.45) is 4.30. The van der Waals surface area contributed by atoms with Gasteiger partial charge in [-0.2, -0.15) is 0 Å². The molecule has 0 fully saturated rings. The molecular formula is C23H20N4O3S. The number of carbonyl (C=O) groups is 2. The van der Waals surface area contributed by atoms with Gasteiger partial charge in [-0.3, -0.25) is 14.6 Å².